The Morgan fingerprint density at radius 2 is 1.79 bits per heavy atom. The highest BCUT2D eigenvalue weighted by Crippen LogP contribution is 2.32. The first-order valence-corrected chi connectivity index (χ1v) is 12.9. The molecule has 0 saturated heterocycles. The SMILES string of the molecule is CSc1nc(SCc2ccc(C#N)cc2)nc2nc(=S)n(Cc3ccc(Cl)c(Cl)c3)c(N)c12. The molecule has 0 atom stereocenters. The maximum Gasteiger partial charge on any atom is 0.203 e. The minimum Gasteiger partial charge on any atom is -0.384 e. The third-order valence-corrected chi connectivity index (χ3v) is 7.44. The van der Waals surface area contributed by atoms with Crippen LogP contribution in [-0.4, -0.2) is 25.8 Å². The summed E-state index contributed by atoms with van der Waals surface area (Å²) in [6, 6.07) is 14.9. The van der Waals surface area contributed by atoms with Gasteiger partial charge >= 0.3 is 0 Å². The number of aromatic nitrogens is 4. The Balaban J connectivity index is 1.68. The van der Waals surface area contributed by atoms with Gasteiger partial charge in [-0.2, -0.15) is 10.2 Å². The normalized spacial score (nSPS) is 11.0. The Hall–Kier alpha value is -2.35. The molecule has 0 amide bonds. The maximum atomic E-state index is 8.95. The van der Waals surface area contributed by atoms with E-state index in [2.05, 4.69) is 21.0 Å². The number of nitrogens with two attached hydrogens (primary N) is 1. The van der Waals surface area contributed by atoms with E-state index in [1.165, 1.54) is 23.5 Å². The average molecular weight is 532 g/mol. The number of nitrogens with zero attached hydrogens (tertiary/aromatic N) is 5. The molecule has 0 fully saturated rings. The van der Waals surface area contributed by atoms with E-state index in [9.17, 15) is 0 Å². The Morgan fingerprint density at radius 3 is 2.45 bits per heavy atom. The molecule has 11 heteroatoms. The zero-order chi connectivity index (χ0) is 23.5. The van der Waals surface area contributed by atoms with Crippen molar-refractivity contribution in [3.05, 3.63) is 74.0 Å². The minimum absolute atomic E-state index is 0.319. The van der Waals surface area contributed by atoms with Crippen molar-refractivity contribution < 1.29 is 0 Å². The average Bonchev–Trinajstić information content (AvgIpc) is 2.82. The number of benzene rings is 2. The lowest BCUT2D eigenvalue weighted by Gasteiger charge is -2.15. The number of fused-ring (bicyclic) bond motifs is 1. The quantitative estimate of drug-likeness (QED) is 0.133. The lowest BCUT2D eigenvalue weighted by molar-refractivity contribution is 0.765. The van der Waals surface area contributed by atoms with Crippen molar-refractivity contribution >= 4 is 75.8 Å². The van der Waals surface area contributed by atoms with Crippen molar-refractivity contribution in [2.24, 2.45) is 0 Å². The largest absolute Gasteiger partial charge is 0.384 e. The molecule has 6 nitrogen and oxygen atoms in total. The first-order valence-electron chi connectivity index (χ1n) is 9.57. The molecule has 0 aliphatic carbocycles. The number of nitrogen functional groups attached to an aromatic ring is 1. The number of thioether (sulfide) groups is 2. The summed E-state index contributed by atoms with van der Waals surface area (Å²) in [5, 5.41) is 11.9. The Morgan fingerprint density at radius 1 is 1.06 bits per heavy atom. The molecule has 4 aromatic rings. The van der Waals surface area contributed by atoms with Gasteiger partial charge in [-0.25, -0.2) is 9.97 Å². The van der Waals surface area contributed by atoms with Gasteiger partial charge in [-0.15, -0.1) is 11.8 Å². The number of hydrogen-bond donors (Lipinski definition) is 1. The first-order chi connectivity index (χ1) is 15.9. The molecule has 166 valence electrons. The van der Waals surface area contributed by atoms with Gasteiger partial charge in [-0.05, 0) is 53.9 Å². The highest BCUT2D eigenvalue weighted by molar-refractivity contribution is 7.99. The third-order valence-electron chi connectivity index (χ3n) is 4.78. The van der Waals surface area contributed by atoms with Crippen LogP contribution in [0, 0.1) is 16.1 Å². The molecule has 0 spiro atoms. The lowest BCUT2D eigenvalue weighted by atomic mass is 10.2. The van der Waals surface area contributed by atoms with Crippen LogP contribution in [0.25, 0.3) is 11.0 Å². The molecule has 4 rings (SSSR count). The molecule has 0 radical (unpaired) electrons. The molecule has 2 N–H and O–H groups in total. The van der Waals surface area contributed by atoms with Crippen molar-refractivity contribution in [3.63, 3.8) is 0 Å². The molecule has 0 unspecified atom stereocenters. The van der Waals surface area contributed by atoms with E-state index >= 15 is 0 Å². The summed E-state index contributed by atoms with van der Waals surface area (Å²) in [5.74, 6) is 1.11. The molecule has 0 saturated carbocycles. The van der Waals surface area contributed by atoms with E-state index < -0.39 is 0 Å². The van der Waals surface area contributed by atoms with Crippen molar-refractivity contribution in [2.75, 3.05) is 12.0 Å². The third kappa shape index (κ3) is 5.26. The van der Waals surface area contributed by atoms with E-state index in [1.807, 2.05) is 24.5 Å². The van der Waals surface area contributed by atoms with Gasteiger partial charge in [0.2, 0.25) is 4.77 Å². The second-order valence-electron chi connectivity index (χ2n) is 6.93. The number of anilines is 1. The summed E-state index contributed by atoms with van der Waals surface area (Å²) in [5.41, 5.74) is 9.58. The molecule has 2 heterocycles. The van der Waals surface area contributed by atoms with Gasteiger partial charge in [0.15, 0.2) is 10.8 Å². The van der Waals surface area contributed by atoms with Crippen LogP contribution in [0.15, 0.2) is 52.6 Å². The van der Waals surface area contributed by atoms with Gasteiger partial charge in [-0.1, -0.05) is 53.2 Å². The van der Waals surface area contributed by atoms with Gasteiger partial charge in [0, 0.05) is 5.75 Å². The van der Waals surface area contributed by atoms with E-state index in [0.29, 0.717) is 54.7 Å². The van der Waals surface area contributed by atoms with E-state index in [1.54, 1.807) is 28.8 Å². The lowest BCUT2D eigenvalue weighted by Crippen LogP contribution is -2.12. The summed E-state index contributed by atoms with van der Waals surface area (Å²) in [6.45, 7) is 0.396. The predicted molar refractivity (Wildman–Crippen MR) is 139 cm³/mol. The minimum atomic E-state index is 0.319. The van der Waals surface area contributed by atoms with Crippen LogP contribution >= 0.6 is 58.9 Å². The second kappa shape index (κ2) is 10.3. The molecular weight excluding hydrogens is 515 g/mol. The number of halogens is 2. The molecule has 2 aromatic carbocycles. The summed E-state index contributed by atoms with van der Waals surface area (Å²) < 4.78 is 2.06. The Kier molecular flexibility index (Phi) is 7.41. The molecule has 0 aliphatic heterocycles. The van der Waals surface area contributed by atoms with Crippen molar-refractivity contribution in [2.45, 2.75) is 22.5 Å². The van der Waals surface area contributed by atoms with Crippen molar-refractivity contribution in [3.8, 4) is 6.07 Å². The number of nitriles is 1. The van der Waals surface area contributed by atoms with Crippen LogP contribution in [0.4, 0.5) is 5.82 Å². The molecule has 33 heavy (non-hydrogen) atoms. The molecule has 2 aromatic heterocycles. The van der Waals surface area contributed by atoms with Crippen LogP contribution in [0.2, 0.25) is 10.0 Å². The van der Waals surface area contributed by atoms with Gasteiger partial charge in [-0.3, -0.25) is 4.57 Å². The highest BCUT2D eigenvalue weighted by Gasteiger charge is 2.16. The fraction of sp³-hybridized carbons (Fsp3) is 0.136. The van der Waals surface area contributed by atoms with Crippen LogP contribution in [0.1, 0.15) is 16.7 Å². The molecule has 0 bridgehead atoms. The van der Waals surface area contributed by atoms with Crippen molar-refractivity contribution in [1.82, 2.24) is 19.5 Å². The Labute approximate surface area is 214 Å². The predicted octanol–water partition coefficient (Wildman–Crippen LogP) is 6.38. The van der Waals surface area contributed by atoms with Gasteiger partial charge in [0.1, 0.15) is 10.8 Å². The van der Waals surface area contributed by atoms with Gasteiger partial charge in [0.05, 0.1) is 33.6 Å². The highest BCUT2D eigenvalue weighted by atomic mass is 35.5. The Bertz CT molecular complexity index is 1450. The van der Waals surface area contributed by atoms with E-state index in [-0.39, 0.29) is 0 Å². The van der Waals surface area contributed by atoms with Crippen LogP contribution < -0.4 is 5.73 Å². The fourth-order valence-electron chi connectivity index (χ4n) is 3.11. The topological polar surface area (TPSA) is 93.4 Å². The van der Waals surface area contributed by atoms with Crippen LogP contribution in [-0.2, 0) is 12.3 Å². The zero-order valence-corrected chi connectivity index (χ0v) is 21.2. The zero-order valence-electron chi connectivity index (χ0n) is 17.2. The second-order valence-corrected chi connectivity index (χ2v) is 9.84. The van der Waals surface area contributed by atoms with E-state index in [4.69, 9.17) is 46.4 Å². The molecular formula is C22H16Cl2N6S3. The van der Waals surface area contributed by atoms with Gasteiger partial charge < -0.3 is 5.73 Å². The van der Waals surface area contributed by atoms with Crippen molar-refractivity contribution in [1.29, 1.82) is 5.26 Å². The summed E-state index contributed by atoms with van der Waals surface area (Å²) in [6.07, 6.45) is 1.93. The smallest absolute Gasteiger partial charge is 0.203 e. The first kappa shape index (κ1) is 23.8. The summed E-state index contributed by atoms with van der Waals surface area (Å²) in [4.78, 5) is 13.8. The fourth-order valence-corrected chi connectivity index (χ4v) is 5.11. The monoisotopic (exact) mass is 530 g/mol. The van der Waals surface area contributed by atoms with E-state index in [0.717, 1.165) is 16.2 Å². The maximum absolute atomic E-state index is 8.95. The number of hydrogen-bond acceptors (Lipinski definition) is 8. The van der Waals surface area contributed by atoms with Gasteiger partial charge in [0.25, 0.3) is 0 Å². The standard InChI is InChI=1S/C22H16Cl2N6S3/c1-32-20-17-18(26)30(10-14-6-7-15(23)16(24)8-14)22(31)28-19(17)27-21(29-20)33-11-13-4-2-12(9-25)3-5-13/h2-8H,10-11,26H2,1H3. The van der Waals surface area contributed by atoms with Crippen LogP contribution in [0.3, 0.4) is 0 Å². The summed E-state index contributed by atoms with van der Waals surface area (Å²) in [7, 11) is 0. The van der Waals surface area contributed by atoms with Crippen LogP contribution in [0.5, 0.6) is 0 Å². The molecule has 0 aliphatic rings. The summed E-state index contributed by atoms with van der Waals surface area (Å²) >= 11 is 20.7. The number of rotatable bonds is 6.